The molecule has 1 fully saturated rings. The summed E-state index contributed by atoms with van der Waals surface area (Å²) >= 11 is 0. The summed E-state index contributed by atoms with van der Waals surface area (Å²) in [6, 6.07) is 14.5. The van der Waals surface area contributed by atoms with Crippen molar-refractivity contribution in [2.45, 2.75) is 19.9 Å². The minimum absolute atomic E-state index is 0.0324. The van der Waals surface area contributed by atoms with Crippen molar-refractivity contribution in [2.24, 2.45) is 5.73 Å². The molecule has 2 aromatic rings. The van der Waals surface area contributed by atoms with E-state index in [1.54, 1.807) is 24.3 Å². The number of carbonyl (C=O) groups excluding carboxylic acids is 2. The number of carbonyl (C=O) groups is 2. The lowest BCUT2D eigenvalue weighted by Crippen LogP contribution is -3.19. The number of piperazine rings is 1. The Morgan fingerprint density at radius 2 is 1.79 bits per heavy atom. The van der Waals surface area contributed by atoms with Crippen molar-refractivity contribution >= 4 is 23.2 Å². The molecule has 154 valence electrons. The van der Waals surface area contributed by atoms with E-state index in [2.05, 4.69) is 16.3 Å². The van der Waals surface area contributed by atoms with E-state index in [4.69, 9.17) is 10.5 Å². The maximum absolute atomic E-state index is 12.7. The molecule has 7 nitrogen and oxygen atoms in total. The van der Waals surface area contributed by atoms with Crippen LogP contribution in [0.2, 0.25) is 0 Å². The van der Waals surface area contributed by atoms with Crippen LogP contribution in [0.4, 0.5) is 11.4 Å². The normalized spacial score (nSPS) is 15.6. The van der Waals surface area contributed by atoms with Gasteiger partial charge >= 0.3 is 0 Å². The van der Waals surface area contributed by atoms with Gasteiger partial charge in [-0.25, -0.2) is 0 Å². The molecule has 0 unspecified atom stereocenters. The first-order valence-electron chi connectivity index (χ1n) is 10.0. The van der Waals surface area contributed by atoms with Gasteiger partial charge in [0.2, 0.25) is 5.91 Å². The summed E-state index contributed by atoms with van der Waals surface area (Å²) in [5.74, 6) is 0.392. The molecule has 2 amide bonds. The van der Waals surface area contributed by atoms with Crippen molar-refractivity contribution in [3.05, 3.63) is 54.1 Å². The average Bonchev–Trinajstić information content (AvgIpc) is 2.74. The van der Waals surface area contributed by atoms with Crippen molar-refractivity contribution in [1.82, 2.24) is 0 Å². The maximum Gasteiger partial charge on any atom is 0.282 e. The van der Waals surface area contributed by atoms with E-state index in [1.807, 2.05) is 32.0 Å². The molecule has 0 spiro atoms. The third-order valence-corrected chi connectivity index (χ3v) is 5.35. The number of quaternary nitrogens is 1. The highest BCUT2D eigenvalue weighted by molar-refractivity contribution is 5.95. The number of anilines is 2. The van der Waals surface area contributed by atoms with E-state index in [-0.39, 0.29) is 11.9 Å². The zero-order valence-electron chi connectivity index (χ0n) is 17.0. The van der Waals surface area contributed by atoms with Crippen LogP contribution in [0.1, 0.15) is 24.2 Å². The van der Waals surface area contributed by atoms with Crippen LogP contribution in [0.5, 0.6) is 5.75 Å². The Labute approximate surface area is 171 Å². The number of nitrogens with zero attached hydrogens (tertiary/aromatic N) is 1. The molecule has 1 aliphatic rings. The number of rotatable bonds is 7. The molecule has 2 aromatic carbocycles. The summed E-state index contributed by atoms with van der Waals surface area (Å²) in [4.78, 5) is 27.4. The molecule has 0 aliphatic carbocycles. The highest BCUT2D eigenvalue weighted by atomic mass is 16.5. The van der Waals surface area contributed by atoms with Gasteiger partial charge < -0.3 is 25.6 Å². The molecule has 0 bridgehead atoms. The third kappa shape index (κ3) is 5.06. The van der Waals surface area contributed by atoms with Crippen LogP contribution in [0.15, 0.2) is 48.5 Å². The zero-order valence-corrected chi connectivity index (χ0v) is 17.0. The number of primary amides is 1. The molecule has 7 heteroatoms. The van der Waals surface area contributed by atoms with Gasteiger partial charge in [-0.15, -0.1) is 0 Å². The number of hydrogen-bond donors (Lipinski definition) is 3. The van der Waals surface area contributed by atoms with Gasteiger partial charge in [-0.2, -0.15) is 0 Å². The monoisotopic (exact) mass is 397 g/mol. The van der Waals surface area contributed by atoms with Crippen LogP contribution in [-0.4, -0.2) is 50.6 Å². The topological polar surface area (TPSA) is 89.1 Å². The lowest BCUT2D eigenvalue weighted by atomic mass is 10.1. The average molecular weight is 397 g/mol. The van der Waals surface area contributed by atoms with Gasteiger partial charge in [0.15, 0.2) is 6.04 Å². The van der Waals surface area contributed by atoms with Gasteiger partial charge in [0.05, 0.1) is 38.5 Å². The van der Waals surface area contributed by atoms with Gasteiger partial charge in [-0.1, -0.05) is 12.1 Å². The van der Waals surface area contributed by atoms with E-state index in [1.165, 1.54) is 4.90 Å². The van der Waals surface area contributed by atoms with Gasteiger partial charge in [0.25, 0.3) is 5.91 Å². The van der Waals surface area contributed by atoms with Gasteiger partial charge in [-0.3, -0.25) is 9.59 Å². The van der Waals surface area contributed by atoms with E-state index in [9.17, 15) is 9.59 Å². The van der Waals surface area contributed by atoms with Crippen LogP contribution < -0.4 is 25.6 Å². The van der Waals surface area contributed by atoms with Gasteiger partial charge in [0.1, 0.15) is 5.75 Å². The molecule has 1 saturated heterocycles. The second kappa shape index (κ2) is 9.43. The minimum Gasteiger partial charge on any atom is -0.492 e. The van der Waals surface area contributed by atoms with Gasteiger partial charge in [-0.05, 0) is 50.2 Å². The summed E-state index contributed by atoms with van der Waals surface area (Å²) in [6.07, 6.45) is 0. The molecule has 29 heavy (non-hydrogen) atoms. The first-order chi connectivity index (χ1) is 14.0. The van der Waals surface area contributed by atoms with Gasteiger partial charge in [0, 0.05) is 11.3 Å². The number of benzene rings is 2. The molecule has 1 heterocycles. The van der Waals surface area contributed by atoms with Crippen LogP contribution in [0.3, 0.4) is 0 Å². The second-order valence-corrected chi connectivity index (χ2v) is 7.20. The number of nitrogens with two attached hydrogens (primary N) is 1. The van der Waals surface area contributed by atoms with Crippen molar-refractivity contribution in [2.75, 3.05) is 43.0 Å². The van der Waals surface area contributed by atoms with Crippen molar-refractivity contribution < 1.29 is 19.2 Å². The third-order valence-electron chi connectivity index (χ3n) is 5.35. The summed E-state index contributed by atoms with van der Waals surface area (Å²) in [5, 5.41) is 2.93. The van der Waals surface area contributed by atoms with Crippen molar-refractivity contribution in [3.63, 3.8) is 0 Å². The minimum atomic E-state index is -0.482. The van der Waals surface area contributed by atoms with E-state index in [0.29, 0.717) is 17.9 Å². The SMILES string of the molecule is CCOc1ccccc1N1CC[NH+]([C@@H](C)C(=O)Nc2ccc(C(N)=O)cc2)CC1. The summed E-state index contributed by atoms with van der Waals surface area (Å²) in [7, 11) is 0. The number of amides is 2. The molecule has 3 rings (SSSR count). The highest BCUT2D eigenvalue weighted by Gasteiger charge is 2.30. The Balaban J connectivity index is 1.56. The molecule has 0 saturated carbocycles. The maximum atomic E-state index is 12.7. The Hall–Kier alpha value is -3.06. The quantitative estimate of drug-likeness (QED) is 0.648. The number of hydrogen-bond acceptors (Lipinski definition) is 4. The zero-order chi connectivity index (χ0) is 20.8. The Morgan fingerprint density at radius 1 is 1.14 bits per heavy atom. The van der Waals surface area contributed by atoms with Crippen molar-refractivity contribution in [1.29, 1.82) is 0 Å². The molecule has 0 aromatic heterocycles. The number of nitrogens with one attached hydrogen (secondary N) is 2. The smallest absolute Gasteiger partial charge is 0.282 e. The highest BCUT2D eigenvalue weighted by Crippen LogP contribution is 2.27. The fourth-order valence-electron chi connectivity index (χ4n) is 3.62. The lowest BCUT2D eigenvalue weighted by Gasteiger charge is -2.36. The van der Waals surface area contributed by atoms with Crippen molar-refractivity contribution in [3.8, 4) is 5.75 Å². The number of para-hydroxylation sites is 2. The molecule has 0 radical (unpaired) electrons. The molecular weight excluding hydrogens is 368 g/mol. The Bertz CT molecular complexity index is 845. The molecule has 4 N–H and O–H groups in total. The molecular formula is C22H29N4O3+. The van der Waals surface area contributed by atoms with E-state index < -0.39 is 5.91 Å². The van der Waals surface area contributed by atoms with E-state index >= 15 is 0 Å². The number of ether oxygens (including phenoxy) is 1. The van der Waals surface area contributed by atoms with Crippen LogP contribution in [0.25, 0.3) is 0 Å². The first kappa shape index (κ1) is 20.7. The Morgan fingerprint density at radius 3 is 2.41 bits per heavy atom. The first-order valence-corrected chi connectivity index (χ1v) is 10.0. The molecule has 1 atom stereocenters. The van der Waals surface area contributed by atoms with Crippen LogP contribution in [-0.2, 0) is 4.79 Å². The second-order valence-electron chi connectivity index (χ2n) is 7.20. The Kier molecular flexibility index (Phi) is 6.72. The predicted molar refractivity (Wildman–Crippen MR) is 114 cm³/mol. The largest absolute Gasteiger partial charge is 0.492 e. The standard InChI is InChI=1S/C22H28N4O3/c1-3-29-20-7-5-4-6-19(20)26-14-12-25(13-15-26)16(2)22(28)24-18-10-8-17(9-11-18)21(23)27/h4-11,16H,3,12-15H2,1-2H3,(H2,23,27)(H,24,28)/p+1/t16-/m0/s1. The molecule has 1 aliphatic heterocycles. The van der Waals surface area contributed by atoms with E-state index in [0.717, 1.165) is 37.6 Å². The fraction of sp³-hybridized carbons (Fsp3) is 0.364. The van der Waals surface area contributed by atoms with Crippen LogP contribution >= 0.6 is 0 Å². The van der Waals surface area contributed by atoms with Crippen LogP contribution in [0, 0.1) is 0 Å². The fourth-order valence-corrected chi connectivity index (χ4v) is 3.62. The lowest BCUT2D eigenvalue weighted by molar-refractivity contribution is -0.914. The summed E-state index contributed by atoms with van der Waals surface area (Å²) < 4.78 is 5.75. The predicted octanol–water partition coefficient (Wildman–Crippen LogP) is 0.916. The summed E-state index contributed by atoms with van der Waals surface area (Å²) in [5.41, 5.74) is 7.44. The summed E-state index contributed by atoms with van der Waals surface area (Å²) in [6.45, 7) is 8.05.